The highest BCUT2D eigenvalue weighted by Crippen LogP contribution is 2.64. The topological polar surface area (TPSA) is 68.2 Å². The molecule has 0 radical (unpaired) electrons. The van der Waals surface area contributed by atoms with Crippen molar-refractivity contribution in [1.82, 2.24) is 15.0 Å². The van der Waals surface area contributed by atoms with Crippen LogP contribution < -0.4 is 26.2 Å². The zero-order chi connectivity index (χ0) is 47.0. The summed E-state index contributed by atoms with van der Waals surface area (Å²) in [7, 11) is 0. The highest BCUT2D eigenvalue weighted by atomic mass is 16.3. The molecule has 0 saturated heterocycles. The van der Waals surface area contributed by atoms with Gasteiger partial charge >= 0.3 is 0 Å². The standard InChI is InChI=1S/C65H44N4O2/c1-2-3-31-58-49(40-61-66-63(41-19-6-4-7-20-41)68-64(67-61)42-21-8-5-9-22-42)48-38-43(35-37-59(48)70-58)44-34-36-55-53(39-44)65(50-26-13-10-23-45(50)46-24-11-14-27-51(46)65)52-28-15-16-29-54(52)69(55)56-30-18-33-60-62(56)47-25-12-17-32-57(47)71-60/h2-34,36-40,43H,35H2,1H3/b3-2-,49-40?,58-31+. The lowest BCUT2D eigenvalue weighted by atomic mass is 9.64. The highest BCUT2D eigenvalue weighted by molar-refractivity contribution is 6.14. The Bertz CT molecular complexity index is 4140. The molecule has 3 aromatic heterocycles. The van der Waals surface area contributed by atoms with E-state index in [0.717, 1.165) is 77.8 Å². The number of allylic oxidation sites excluding steroid dienone is 2. The van der Waals surface area contributed by atoms with E-state index < -0.39 is 5.41 Å². The lowest BCUT2D eigenvalue weighted by Gasteiger charge is -2.45. The van der Waals surface area contributed by atoms with Gasteiger partial charge in [0, 0.05) is 32.9 Å². The second-order valence-electron chi connectivity index (χ2n) is 18.5. The monoisotopic (exact) mass is 912 g/mol. The lowest BCUT2D eigenvalue weighted by molar-refractivity contribution is 0.495. The number of hydrogen-bond acceptors (Lipinski definition) is 6. The van der Waals surface area contributed by atoms with Crippen LogP contribution in [-0.2, 0) is 5.41 Å². The fraction of sp³-hybridized carbons (Fsp3) is 0.0615. The largest absolute Gasteiger partial charge is 0.456 e. The molecule has 6 heteroatoms. The number of benzene rings is 8. The summed E-state index contributed by atoms with van der Waals surface area (Å²) in [6, 6.07) is 69.3. The molecule has 1 unspecified atom stereocenters. The van der Waals surface area contributed by atoms with Gasteiger partial charge in [0.1, 0.15) is 22.0 Å². The van der Waals surface area contributed by atoms with Gasteiger partial charge in [0.05, 0.1) is 27.9 Å². The van der Waals surface area contributed by atoms with E-state index >= 15 is 0 Å². The van der Waals surface area contributed by atoms with E-state index in [-0.39, 0.29) is 5.92 Å². The van der Waals surface area contributed by atoms with Crippen LogP contribution in [0, 0.1) is 0 Å². The average molecular weight is 913 g/mol. The van der Waals surface area contributed by atoms with Crippen LogP contribution in [0.2, 0.25) is 0 Å². The molecule has 1 aliphatic heterocycles. The number of anilines is 3. The van der Waals surface area contributed by atoms with Crippen molar-refractivity contribution in [3.05, 3.63) is 261 Å². The summed E-state index contributed by atoms with van der Waals surface area (Å²) in [6.45, 7) is 2.02. The molecule has 0 fully saturated rings. The molecule has 3 aliphatic rings. The Kier molecular flexibility index (Phi) is 9.36. The van der Waals surface area contributed by atoms with Crippen molar-refractivity contribution in [3.8, 4) is 33.9 Å². The van der Waals surface area contributed by atoms with Gasteiger partial charge in [-0.05, 0) is 101 Å². The van der Waals surface area contributed by atoms with E-state index in [1.807, 2.05) is 91.9 Å². The molecule has 11 aromatic rings. The van der Waals surface area contributed by atoms with Gasteiger partial charge in [-0.1, -0.05) is 182 Å². The van der Waals surface area contributed by atoms with Gasteiger partial charge in [-0.25, -0.2) is 15.0 Å². The van der Waals surface area contributed by atoms with E-state index in [1.54, 1.807) is 0 Å². The van der Waals surface area contributed by atoms with Crippen LogP contribution in [0.25, 0.3) is 80.1 Å². The third-order valence-electron chi connectivity index (χ3n) is 14.6. The predicted molar refractivity (Wildman–Crippen MR) is 286 cm³/mol. The van der Waals surface area contributed by atoms with Crippen LogP contribution in [0.4, 0.5) is 17.1 Å². The summed E-state index contributed by atoms with van der Waals surface area (Å²) in [5, 5.41) is 4.14. The van der Waals surface area contributed by atoms with Crippen LogP contribution in [0.1, 0.15) is 52.9 Å². The van der Waals surface area contributed by atoms with Crippen LogP contribution in [0.15, 0.2) is 215 Å². The molecular formula is C65H44N4O2. The molecule has 2 aliphatic carbocycles. The molecule has 6 nitrogen and oxygen atoms in total. The SMILES string of the molecule is C/C=C\C=c1\oc2c(c1=Cc1nc(-c3ccccc3)nc(-c3ccccc3)n1)=CC(c1ccc3c(c1)C1(c4ccccc4-c4ccccc41)c1ccccc1N3c1cccc3oc4ccccc4c13)CC=2. The first-order valence-corrected chi connectivity index (χ1v) is 24.3. The van der Waals surface area contributed by atoms with Crippen LogP contribution in [0.5, 0.6) is 0 Å². The molecule has 8 aromatic carbocycles. The van der Waals surface area contributed by atoms with Crippen molar-refractivity contribution in [2.75, 3.05) is 4.90 Å². The quantitative estimate of drug-likeness (QED) is 0.166. The second-order valence-corrected chi connectivity index (χ2v) is 18.5. The van der Waals surface area contributed by atoms with Crippen LogP contribution in [-0.4, -0.2) is 15.0 Å². The van der Waals surface area contributed by atoms with E-state index in [1.165, 1.54) is 38.9 Å². The third kappa shape index (κ3) is 6.31. The Morgan fingerprint density at radius 1 is 0.563 bits per heavy atom. The summed E-state index contributed by atoms with van der Waals surface area (Å²) in [5.74, 6) is 1.81. The molecule has 336 valence electrons. The summed E-state index contributed by atoms with van der Waals surface area (Å²) < 4.78 is 13.3. The van der Waals surface area contributed by atoms with E-state index in [4.69, 9.17) is 23.8 Å². The Labute approximate surface area is 409 Å². The fourth-order valence-electron chi connectivity index (χ4n) is 11.6. The maximum absolute atomic E-state index is 6.72. The molecule has 0 saturated carbocycles. The summed E-state index contributed by atoms with van der Waals surface area (Å²) in [4.78, 5) is 17.6. The van der Waals surface area contributed by atoms with Gasteiger partial charge in [0.15, 0.2) is 17.5 Å². The second kappa shape index (κ2) is 16.3. The first-order valence-electron chi connectivity index (χ1n) is 24.3. The smallest absolute Gasteiger partial charge is 0.164 e. The predicted octanol–water partition coefficient (Wildman–Crippen LogP) is 12.8. The zero-order valence-electron chi connectivity index (χ0n) is 38.8. The molecule has 4 heterocycles. The molecule has 0 amide bonds. The van der Waals surface area contributed by atoms with Gasteiger partial charge in [-0.3, -0.25) is 0 Å². The van der Waals surface area contributed by atoms with E-state index in [9.17, 15) is 0 Å². The molecule has 71 heavy (non-hydrogen) atoms. The van der Waals surface area contributed by atoms with Crippen molar-refractivity contribution >= 4 is 63.3 Å². The van der Waals surface area contributed by atoms with Crippen molar-refractivity contribution in [3.63, 3.8) is 0 Å². The van der Waals surface area contributed by atoms with Crippen molar-refractivity contribution in [1.29, 1.82) is 0 Å². The van der Waals surface area contributed by atoms with E-state index in [2.05, 4.69) is 151 Å². The molecule has 1 atom stereocenters. The van der Waals surface area contributed by atoms with Crippen LogP contribution >= 0.6 is 0 Å². The number of furan rings is 2. The van der Waals surface area contributed by atoms with Crippen LogP contribution in [0.3, 0.4) is 0 Å². The van der Waals surface area contributed by atoms with Gasteiger partial charge in [-0.15, -0.1) is 0 Å². The molecule has 14 rings (SSSR count). The lowest BCUT2D eigenvalue weighted by Crippen LogP contribution is -2.39. The van der Waals surface area contributed by atoms with Crippen molar-refractivity contribution in [2.45, 2.75) is 24.7 Å². The Balaban J connectivity index is 1.01. The molecule has 0 N–H and O–H groups in total. The first kappa shape index (κ1) is 40.9. The van der Waals surface area contributed by atoms with Gasteiger partial charge in [0.2, 0.25) is 0 Å². The fourth-order valence-corrected chi connectivity index (χ4v) is 11.6. The maximum Gasteiger partial charge on any atom is 0.164 e. The van der Waals surface area contributed by atoms with E-state index in [0.29, 0.717) is 17.5 Å². The minimum Gasteiger partial charge on any atom is -0.456 e. The zero-order valence-corrected chi connectivity index (χ0v) is 38.8. The molecule has 0 bridgehead atoms. The average Bonchev–Trinajstić information content (AvgIpc) is 4.09. The summed E-state index contributed by atoms with van der Waals surface area (Å²) >= 11 is 0. The summed E-state index contributed by atoms with van der Waals surface area (Å²) in [6.07, 6.45) is 13.6. The Hall–Kier alpha value is -9.13. The minimum atomic E-state index is -0.601. The Morgan fingerprint density at radius 3 is 1.92 bits per heavy atom. The van der Waals surface area contributed by atoms with Gasteiger partial charge < -0.3 is 13.7 Å². The normalized spacial score (nSPS) is 15.6. The first-order chi connectivity index (χ1) is 35.2. The number of rotatable bonds is 6. The van der Waals surface area contributed by atoms with Gasteiger partial charge in [-0.2, -0.15) is 0 Å². The number of para-hydroxylation sites is 2. The minimum absolute atomic E-state index is 0.0287. The van der Waals surface area contributed by atoms with Crippen molar-refractivity contribution in [2.24, 2.45) is 0 Å². The molecule has 1 spiro atoms. The molecular weight excluding hydrogens is 869 g/mol. The van der Waals surface area contributed by atoms with Crippen molar-refractivity contribution < 1.29 is 8.83 Å². The number of nitrogens with zero attached hydrogens (tertiary/aromatic N) is 4. The Morgan fingerprint density at radius 2 is 1.18 bits per heavy atom. The highest BCUT2D eigenvalue weighted by Gasteiger charge is 2.52. The number of hydrogen-bond donors (Lipinski definition) is 0. The summed E-state index contributed by atoms with van der Waals surface area (Å²) in [5.41, 5.74) is 16.8. The third-order valence-corrected chi connectivity index (χ3v) is 14.6. The number of fused-ring (bicyclic) bond motifs is 13. The number of aromatic nitrogens is 3. The van der Waals surface area contributed by atoms with Gasteiger partial charge in [0.25, 0.3) is 0 Å². The maximum atomic E-state index is 6.72.